The van der Waals surface area contributed by atoms with Crippen molar-refractivity contribution in [2.45, 2.75) is 26.3 Å². The first-order valence-electron chi connectivity index (χ1n) is 4.52. The van der Waals surface area contributed by atoms with E-state index in [4.69, 9.17) is 0 Å². The van der Waals surface area contributed by atoms with Gasteiger partial charge in [0.1, 0.15) is 3.70 Å². The second kappa shape index (κ2) is 5.29. The van der Waals surface area contributed by atoms with Crippen molar-refractivity contribution in [3.05, 3.63) is 27.6 Å². The van der Waals surface area contributed by atoms with Crippen LogP contribution in [0.4, 0.5) is 0 Å². The zero-order valence-electron chi connectivity index (χ0n) is 8.25. The Morgan fingerprint density at radius 1 is 1.71 bits per heavy atom. The molecule has 0 radical (unpaired) electrons. The maximum absolute atomic E-state index is 10.9. The minimum atomic E-state index is 0.00340. The third-order valence-electron chi connectivity index (χ3n) is 1.94. The van der Waals surface area contributed by atoms with Gasteiger partial charge in [-0.2, -0.15) is 0 Å². The molecule has 1 heterocycles. The lowest BCUT2D eigenvalue weighted by atomic mass is 10.1. The number of aromatic nitrogens is 1. The van der Waals surface area contributed by atoms with E-state index in [1.807, 2.05) is 19.1 Å². The first-order valence-corrected chi connectivity index (χ1v) is 5.60. The number of pyridine rings is 1. The Hall–Kier alpha value is -0.650. The average Bonchev–Trinajstić information content (AvgIpc) is 2.14. The standard InChI is InChI=1S/C10H13IN2O/c1-3-9(13-7(2)14)8-4-5-12-10(11)6-8/h4-6,9H,3H2,1-2H3,(H,13,14). The molecule has 1 amide bonds. The van der Waals surface area contributed by atoms with Crippen LogP contribution in [0.25, 0.3) is 0 Å². The molecule has 3 nitrogen and oxygen atoms in total. The molecule has 1 rings (SSSR count). The molecule has 0 aliphatic heterocycles. The fraction of sp³-hybridized carbons (Fsp3) is 0.400. The number of hydrogen-bond acceptors (Lipinski definition) is 2. The first-order chi connectivity index (χ1) is 6.63. The molecular formula is C10H13IN2O. The van der Waals surface area contributed by atoms with E-state index in [1.54, 1.807) is 6.20 Å². The van der Waals surface area contributed by atoms with Crippen LogP contribution in [0.15, 0.2) is 18.3 Å². The molecule has 14 heavy (non-hydrogen) atoms. The highest BCUT2D eigenvalue weighted by Gasteiger charge is 2.10. The number of halogens is 1. The topological polar surface area (TPSA) is 42.0 Å². The lowest BCUT2D eigenvalue weighted by Gasteiger charge is -2.16. The molecule has 1 N–H and O–H groups in total. The van der Waals surface area contributed by atoms with Crippen molar-refractivity contribution >= 4 is 28.5 Å². The van der Waals surface area contributed by atoms with Gasteiger partial charge >= 0.3 is 0 Å². The molecule has 1 aromatic rings. The number of hydrogen-bond donors (Lipinski definition) is 1. The Morgan fingerprint density at radius 3 is 2.93 bits per heavy atom. The van der Waals surface area contributed by atoms with Crippen molar-refractivity contribution in [1.82, 2.24) is 10.3 Å². The lowest BCUT2D eigenvalue weighted by molar-refractivity contribution is -0.119. The first kappa shape index (κ1) is 11.4. The molecule has 0 fully saturated rings. The third kappa shape index (κ3) is 3.25. The number of carbonyl (C=O) groups is 1. The second-order valence-corrected chi connectivity index (χ2v) is 4.18. The Kier molecular flexibility index (Phi) is 4.31. The van der Waals surface area contributed by atoms with E-state index in [2.05, 4.69) is 32.9 Å². The predicted octanol–water partition coefficient (Wildman–Crippen LogP) is 2.27. The van der Waals surface area contributed by atoms with Crippen LogP contribution in [0.5, 0.6) is 0 Å². The van der Waals surface area contributed by atoms with Crippen molar-refractivity contribution in [2.75, 3.05) is 0 Å². The summed E-state index contributed by atoms with van der Waals surface area (Å²) in [7, 11) is 0. The number of nitrogens with one attached hydrogen (secondary N) is 1. The number of carbonyl (C=O) groups excluding carboxylic acids is 1. The summed E-state index contributed by atoms with van der Waals surface area (Å²) in [5.41, 5.74) is 1.11. The molecule has 0 saturated carbocycles. The van der Waals surface area contributed by atoms with Gasteiger partial charge in [-0.05, 0) is 46.7 Å². The van der Waals surface area contributed by atoms with E-state index in [0.29, 0.717) is 0 Å². The van der Waals surface area contributed by atoms with Crippen LogP contribution < -0.4 is 5.32 Å². The highest BCUT2D eigenvalue weighted by atomic mass is 127. The van der Waals surface area contributed by atoms with Crippen molar-refractivity contribution in [1.29, 1.82) is 0 Å². The summed E-state index contributed by atoms with van der Waals surface area (Å²) in [5, 5.41) is 2.90. The molecule has 0 aliphatic rings. The van der Waals surface area contributed by atoms with E-state index in [-0.39, 0.29) is 11.9 Å². The average molecular weight is 304 g/mol. The van der Waals surface area contributed by atoms with Crippen molar-refractivity contribution in [2.24, 2.45) is 0 Å². The van der Waals surface area contributed by atoms with E-state index in [0.717, 1.165) is 15.7 Å². The van der Waals surface area contributed by atoms with Gasteiger partial charge in [-0.3, -0.25) is 9.78 Å². The minimum Gasteiger partial charge on any atom is -0.350 e. The Bertz CT molecular complexity index is 328. The largest absolute Gasteiger partial charge is 0.350 e. The summed E-state index contributed by atoms with van der Waals surface area (Å²) in [5.74, 6) is 0.00340. The summed E-state index contributed by atoms with van der Waals surface area (Å²) in [6.45, 7) is 3.59. The maximum Gasteiger partial charge on any atom is 0.217 e. The normalized spacial score (nSPS) is 12.2. The van der Waals surface area contributed by atoms with Gasteiger partial charge in [-0.1, -0.05) is 6.92 Å². The van der Waals surface area contributed by atoms with Gasteiger partial charge in [0.2, 0.25) is 5.91 Å². The van der Waals surface area contributed by atoms with E-state index in [9.17, 15) is 4.79 Å². The van der Waals surface area contributed by atoms with Crippen LogP contribution in [0.2, 0.25) is 0 Å². The molecule has 1 unspecified atom stereocenters. The van der Waals surface area contributed by atoms with Gasteiger partial charge in [0.05, 0.1) is 6.04 Å². The Labute approximate surface area is 97.4 Å². The van der Waals surface area contributed by atoms with E-state index < -0.39 is 0 Å². The fourth-order valence-corrected chi connectivity index (χ4v) is 1.82. The molecular weight excluding hydrogens is 291 g/mol. The number of nitrogens with zero attached hydrogens (tertiary/aromatic N) is 1. The zero-order chi connectivity index (χ0) is 10.6. The number of amides is 1. The van der Waals surface area contributed by atoms with E-state index >= 15 is 0 Å². The quantitative estimate of drug-likeness (QED) is 0.687. The molecule has 4 heteroatoms. The zero-order valence-corrected chi connectivity index (χ0v) is 10.4. The Balaban J connectivity index is 2.83. The van der Waals surface area contributed by atoms with Crippen molar-refractivity contribution < 1.29 is 4.79 Å². The predicted molar refractivity (Wildman–Crippen MR) is 63.8 cm³/mol. The fourth-order valence-electron chi connectivity index (χ4n) is 1.30. The smallest absolute Gasteiger partial charge is 0.217 e. The second-order valence-electron chi connectivity index (χ2n) is 3.07. The third-order valence-corrected chi connectivity index (χ3v) is 2.53. The van der Waals surface area contributed by atoms with Crippen LogP contribution in [-0.4, -0.2) is 10.9 Å². The maximum atomic E-state index is 10.9. The SMILES string of the molecule is CCC(NC(C)=O)c1ccnc(I)c1. The number of rotatable bonds is 3. The molecule has 0 spiro atoms. The summed E-state index contributed by atoms with van der Waals surface area (Å²) < 4.78 is 0.948. The monoisotopic (exact) mass is 304 g/mol. The highest BCUT2D eigenvalue weighted by Crippen LogP contribution is 2.17. The minimum absolute atomic E-state index is 0.00340. The summed E-state index contributed by atoms with van der Waals surface area (Å²) >= 11 is 2.16. The van der Waals surface area contributed by atoms with Gasteiger partial charge in [-0.25, -0.2) is 0 Å². The summed E-state index contributed by atoms with van der Waals surface area (Å²) in [4.78, 5) is 15.1. The highest BCUT2D eigenvalue weighted by molar-refractivity contribution is 14.1. The molecule has 0 bridgehead atoms. The van der Waals surface area contributed by atoms with Gasteiger partial charge in [0.25, 0.3) is 0 Å². The van der Waals surface area contributed by atoms with Gasteiger partial charge in [0.15, 0.2) is 0 Å². The van der Waals surface area contributed by atoms with Crippen LogP contribution >= 0.6 is 22.6 Å². The van der Waals surface area contributed by atoms with Crippen LogP contribution in [0, 0.1) is 3.70 Å². The van der Waals surface area contributed by atoms with Gasteiger partial charge < -0.3 is 5.32 Å². The van der Waals surface area contributed by atoms with Crippen LogP contribution in [0.3, 0.4) is 0 Å². The van der Waals surface area contributed by atoms with Crippen LogP contribution in [-0.2, 0) is 4.79 Å². The summed E-state index contributed by atoms with van der Waals surface area (Å²) in [6.07, 6.45) is 2.65. The molecule has 1 atom stereocenters. The molecule has 0 aromatic carbocycles. The molecule has 76 valence electrons. The Morgan fingerprint density at radius 2 is 2.43 bits per heavy atom. The van der Waals surface area contributed by atoms with Gasteiger partial charge in [0, 0.05) is 13.1 Å². The molecule has 0 saturated heterocycles. The van der Waals surface area contributed by atoms with Crippen molar-refractivity contribution in [3.63, 3.8) is 0 Å². The van der Waals surface area contributed by atoms with Crippen LogP contribution in [0.1, 0.15) is 31.9 Å². The summed E-state index contributed by atoms with van der Waals surface area (Å²) in [6, 6.07) is 4.03. The lowest BCUT2D eigenvalue weighted by Crippen LogP contribution is -2.25. The van der Waals surface area contributed by atoms with Gasteiger partial charge in [-0.15, -0.1) is 0 Å². The van der Waals surface area contributed by atoms with E-state index in [1.165, 1.54) is 6.92 Å². The van der Waals surface area contributed by atoms with Crippen molar-refractivity contribution in [3.8, 4) is 0 Å². The molecule has 0 aliphatic carbocycles. The molecule has 1 aromatic heterocycles.